The van der Waals surface area contributed by atoms with Crippen molar-refractivity contribution in [3.63, 3.8) is 0 Å². The lowest BCUT2D eigenvalue weighted by atomic mass is 10.1. The smallest absolute Gasteiger partial charge is 0.240 e. The summed E-state index contributed by atoms with van der Waals surface area (Å²) in [6.07, 6.45) is 0.894. The molecule has 2 aromatic carbocycles. The van der Waals surface area contributed by atoms with Crippen molar-refractivity contribution in [2.75, 3.05) is 13.1 Å². The van der Waals surface area contributed by atoms with Gasteiger partial charge in [0.05, 0.1) is 10.9 Å². The van der Waals surface area contributed by atoms with Gasteiger partial charge in [-0.05, 0) is 44.0 Å². The molecule has 2 aromatic rings. The number of nitrogens with two attached hydrogens (primary N) is 1. The number of carbonyl (C=O) groups is 1. The predicted octanol–water partition coefficient (Wildman–Crippen LogP) is 2.60. The monoisotopic (exact) mass is 425 g/mol. The second-order valence-electron chi connectivity index (χ2n) is 6.54. The van der Waals surface area contributed by atoms with Crippen molar-refractivity contribution in [3.8, 4) is 0 Å². The average molecular weight is 426 g/mol. The Balaban J connectivity index is 0.00000392. The largest absolute Gasteiger partial charge is 0.348 e. The molecular weight excluding hydrogens is 398 g/mol. The van der Waals surface area contributed by atoms with Crippen molar-refractivity contribution in [2.45, 2.75) is 37.6 Å². The zero-order valence-corrected chi connectivity index (χ0v) is 17.8. The SMILES string of the molecule is Cc1ccc(S(=O)(=O)NCC(NC(=O)CCCN)c2ccccc2)c(C)c1.Cl. The summed E-state index contributed by atoms with van der Waals surface area (Å²) in [5.74, 6) is -0.153. The third-order valence-corrected chi connectivity index (χ3v) is 5.83. The minimum Gasteiger partial charge on any atom is -0.348 e. The molecule has 0 saturated heterocycles. The summed E-state index contributed by atoms with van der Waals surface area (Å²) < 4.78 is 28.1. The average Bonchev–Trinajstić information content (AvgIpc) is 2.63. The Bertz CT molecular complexity index is 874. The summed E-state index contributed by atoms with van der Waals surface area (Å²) in [5, 5.41) is 2.89. The zero-order chi connectivity index (χ0) is 19.9. The van der Waals surface area contributed by atoms with Gasteiger partial charge in [0.1, 0.15) is 0 Å². The molecule has 8 heteroatoms. The van der Waals surface area contributed by atoms with Crippen molar-refractivity contribution < 1.29 is 13.2 Å². The molecule has 0 aliphatic carbocycles. The van der Waals surface area contributed by atoms with Crippen LogP contribution in [0.15, 0.2) is 53.4 Å². The van der Waals surface area contributed by atoms with Crippen LogP contribution in [0.4, 0.5) is 0 Å². The fraction of sp³-hybridized carbons (Fsp3) is 0.350. The lowest BCUT2D eigenvalue weighted by Crippen LogP contribution is -2.38. The number of benzene rings is 2. The van der Waals surface area contributed by atoms with Gasteiger partial charge in [-0.25, -0.2) is 13.1 Å². The van der Waals surface area contributed by atoms with E-state index >= 15 is 0 Å². The maximum absolute atomic E-state index is 12.7. The number of hydrogen-bond donors (Lipinski definition) is 3. The highest BCUT2D eigenvalue weighted by Crippen LogP contribution is 2.18. The number of halogens is 1. The van der Waals surface area contributed by atoms with Crippen molar-refractivity contribution in [3.05, 3.63) is 65.2 Å². The Morgan fingerprint density at radius 1 is 1.11 bits per heavy atom. The van der Waals surface area contributed by atoms with E-state index in [0.29, 0.717) is 24.9 Å². The normalized spacial score (nSPS) is 12.1. The summed E-state index contributed by atoms with van der Waals surface area (Å²) in [4.78, 5) is 12.4. The van der Waals surface area contributed by atoms with E-state index in [4.69, 9.17) is 5.73 Å². The number of carbonyl (C=O) groups excluding carboxylic acids is 1. The van der Waals surface area contributed by atoms with E-state index in [1.165, 1.54) is 0 Å². The lowest BCUT2D eigenvalue weighted by Gasteiger charge is -2.20. The molecule has 0 heterocycles. The first-order chi connectivity index (χ1) is 12.8. The van der Waals surface area contributed by atoms with Crippen LogP contribution in [0.2, 0.25) is 0 Å². The maximum Gasteiger partial charge on any atom is 0.240 e. The van der Waals surface area contributed by atoms with Crippen LogP contribution in [0.5, 0.6) is 0 Å². The number of aryl methyl sites for hydroxylation is 2. The minimum absolute atomic E-state index is 0. The van der Waals surface area contributed by atoms with Crippen LogP contribution in [0, 0.1) is 13.8 Å². The fourth-order valence-corrected chi connectivity index (χ4v) is 4.11. The Morgan fingerprint density at radius 2 is 1.79 bits per heavy atom. The summed E-state index contributed by atoms with van der Waals surface area (Å²) in [7, 11) is -3.68. The van der Waals surface area contributed by atoms with Crippen molar-refractivity contribution >= 4 is 28.3 Å². The molecule has 0 aromatic heterocycles. The molecule has 2 rings (SSSR count). The number of rotatable bonds is 9. The van der Waals surface area contributed by atoms with Gasteiger partial charge in [0.2, 0.25) is 15.9 Å². The van der Waals surface area contributed by atoms with E-state index < -0.39 is 16.1 Å². The van der Waals surface area contributed by atoms with Gasteiger partial charge >= 0.3 is 0 Å². The van der Waals surface area contributed by atoms with Crippen LogP contribution in [0.1, 0.15) is 35.6 Å². The molecule has 28 heavy (non-hydrogen) atoms. The Kier molecular flexibility index (Phi) is 9.61. The quantitative estimate of drug-likeness (QED) is 0.574. The molecule has 0 saturated carbocycles. The van der Waals surface area contributed by atoms with Gasteiger partial charge in [-0.15, -0.1) is 12.4 Å². The van der Waals surface area contributed by atoms with Gasteiger partial charge in [-0.1, -0.05) is 48.0 Å². The van der Waals surface area contributed by atoms with E-state index in [1.807, 2.05) is 43.3 Å². The van der Waals surface area contributed by atoms with Crippen LogP contribution >= 0.6 is 12.4 Å². The molecule has 1 amide bonds. The highest BCUT2D eigenvalue weighted by Gasteiger charge is 2.21. The molecule has 0 fully saturated rings. The van der Waals surface area contributed by atoms with E-state index in [0.717, 1.165) is 11.1 Å². The van der Waals surface area contributed by atoms with Crippen molar-refractivity contribution in [2.24, 2.45) is 5.73 Å². The molecule has 1 atom stereocenters. The summed E-state index contributed by atoms with van der Waals surface area (Å²) >= 11 is 0. The topological polar surface area (TPSA) is 101 Å². The predicted molar refractivity (Wildman–Crippen MR) is 114 cm³/mol. The first-order valence-electron chi connectivity index (χ1n) is 8.95. The van der Waals surface area contributed by atoms with Crippen molar-refractivity contribution in [1.29, 1.82) is 0 Å². The summed E-state index contributed by atoms with van der Waals surface area (Å²) in [5.41, 5.74) is 7.97. The molecule has 6 nitrogen and oxygen atoms in total. The van der Waals surface area contributed by atoms with Gasteiger partial charge in [0, 0.05) is 13.0 Å². The molecule has 4 N–H and O–H groups in total. The van der Waals surface area contributed by atoms with Gasteiger partial charge < -0.3 is 11.1 Å². The number of nitrogens with one attached hydrogen (secondary N) is 2. The van der Waals surface area contributed by atoms with Crippen molar-refractivity contribution in [1.82, 2.24) is 10.0 Å². The maximum atomic E-state index is 12.7. The third kappa shape index (κ3) is 6.91. The van der Waals surface area contributed by atoms with Gasteiger partial charge in [-0.3, -0.25) is 4.79 Å². The minimum atomic E-state index is -3.68. The van der Waals surface area contributed by atoms with Crippen LogP contribution in [0.25, 0.3) is 0 Å². The molecule has 0 radical (unpaired) electrons. The van der Waals surface area contributed by atoms with Crippen LogP contribution < -0.4 is 15.8 Å². The van der Waals surface area contributed by atoms with E-state index in [1.54, 1.807) is 19.1 Å². The molecular formula is C20H28ClN3O3S. The van der Waals surface area contributed by atoms with Crippen LogP contribution in [-0.4, -0.2) is 27.4 Å². The second kappa shape index (κ2) is 11.2. The highest BCUT2D eigenvalue weighted by atomic mass is 35.5. The third-order valence-electron chi connectivity index (χ3n) is 4.24. The van der Waals surface area contributed by atoms with Gasteiger partial charge in [0.25, 0.3) is 0 Å². The Labute approximate surface area is 173 Å². The first-order valence-corrected chi connectivity index (χ1v) is 10.4. The Hall–Kier alpha value is -1.93. The zero-order valence-electron chi connectivity index (χ0n) is 16.1. The van der Waals surface area contributed by atoms with Gasteiger partial charge in [-0.2, -0.15) is 0 Å². The molecule has 0 aliphatic heterocycles. The van der Waals surface area contributed by atoms with E-state index in [9.17, 15) is 13.2 Å². The summed E-state index contributed by atoms with van der Waals surface area (Å²) in [6.45, 7) is 4.18. The standard InChI is InChI=1S/C20H27N3O3S.ClH/c1-15-10-11-19(16(2)13-15)27(25,26)22-14-18(17-7-4-3-5-8-17)23-20(24)9-6-12-21;/h3-5,7-8,10-11,13,18,22H,6,9,12,14,21H2,1-2H3,(H,23,24);1H. The molecule has 0 aliphatic rings. The van der Waals surface area contributed by atoms with Crippen LogP contribution in [0.3, 0.4) is 0 Å². The second-order valence-corrected chi connectivity index (χ2v) is 8.28. The Morgan fingerprint density at radius 3 is 2.39 bits per heavy atom. The first kappa shape index (κ1) is 24.1. The van der Waals surface area contributed by atoms with E-state index in [2.05, 4.69) is 10.0 Å². The molecule has 0 spiro atoms. The number of hydrogen-bond acceptors (Lipinski definition) is 4. The molecule has 0 bridgehead atoms. The summed E-state index contributed by atoms with van der Waals surface area (Å²) in [6, 6.07) is 14.0. The highest BCUT2D eigenvalue weighted by molar-refractivity contribution is 7.89. The van der Waals surface area contributed by atoms with E-state index in [-0.39, 0.29) is 29.8 Å². The number of amides is 1. The molecule has 1 unspecified atom stereocenters. The molecule has 154 valence electrons. The lowest BCUT2D eigenvalue weighted by molar-refractivity contribution is -0.121. The van der Waals surface area contributed by atoms with Gasteiger partial charge in [0.15, 0.2) is 0 Å². The fourth-order valence-electron chi connectivity index (χ4n) is 2.84. The number of sulfonamides is 1. The van der Waals surface area contributed by atoms with Crippen LogP contribution in [-0.2, 0) is 14.8 Å².